The first-order valence-corrected chi connectivity index (χ1v) is 5.49. The lowest BCUT2D eigenvalue weighted by atomic mass is 10.3. The molecule has 0 fully saturated rings. The number of H-pyrrole nitrogens is 1. The third-order valence-corrected chi connectivity index (χ3v) is 2.25. The molecule has 0 saturated carbocycles. The van der Waals surface area contributed by atoms with Crippen LogP contribution in [0, 0.1) is 11.3 Å². The summed E-state index contributed by atoms with van der Waals surface area (Å²) in [6.07, 6.45) is 1.87. The SMILES string of the molecule is COCCOCCCn1cc(C#N)c(=O)[nH]c1=O. The maximum Gasteiger partial charge on any atom is 0.328 e. The van der Waals surface area contributed by atoms with Crippen LogP contribution in [-0.4, -0.2) is 36.5 Å². The van der Waals surface area contributed by atoms with Crippen molar-refractivity contribution in [2.24, 2.45) is 0 Å². The first kappa shape index (κ1) is 14.2. The summed E-state index contributed by atoms with van der Waals surface area (Å²) in [5, 5.41) is 8.68. The molecule has 0 saturated heterocycles. The fourth-order valence-electron chi connectivity index (χ4n) is 1.34. The molecule has 1 heterocycles. The molecule has 0 aromatic carbocycles. The zero-order valence-corrected chi connectivity index (χ0v) is 10.1. The van der Waals surface area contributed by atoms with Gasteiger partial charge < -0.3 is 9.47 Å². The first-order valence-electron chi connectivity index (χ1n) is 5.49. The Kier molecular flexibility index (Phi) is 5.84. The number of aromatic nitrogens is 2. The second-order valence-electron chi connectivity index (χ2n) is 3.57. The highest BCUT2D eigenvalue weighted by atomic mass is 16.5. The van der Waals surface area contributed by atoms with Gasteiger partial charge in [-0.15, -0.1) is 0 Å². The van der Waals surface area contributed by atoms with E-state index in [0.717, 1.165) is 0 Å². The van der Waals surface area contributed by atoms with Gasteiger partial charge in [-0.2, -0.15) is 5.26 Å². The van der Waals surface area contributed by atoms with Gasteiger partial charge in [0.15, 0.2) is 0 Å². The molecular weight excluding hydrogens is 238 g/mol. The number of rotatable bonds is 7. The minimum Gasteiger partial charge on any atom is -0.382 e. The van der Waals surface area contributed by atoms with Crippen LogP contribution < -0.4 is 11.2 Å². The minimum atomic E-state index is -0.657. The highest BCUT2D eigenvalue weighted by molar-refractivity contribution is 5.21. The summed E-state index contributed by atoms with van der Waals surface area (Å²) in [7, 11) is 1.59. The maximum absolute atomic E-state index is 11.4. The standard InChI is InChI=1S/C11H15N3O4/c1-17-5-6-18-4-2-3-14-8-9(7-12)10(15)13-11(14)16/h8H,2-6H2,1H3,(H,13,15,16). The summed E-state index contributed by atoms with van der Waals surface area (Å²) in [6.45, 7) is 1.89. The van der Waals surface area contributed by atoms with Gasteiger partial charge in [-0.25, -0.2) is 4.79 Å². The van der Waals surface area contributed by atoms with Crippen molar-refractivity contribution in [2.45, 2.75) is 13.0 Å². The van der Waals surface area contributed by atoms with E-state index in [-0.39, 0.29) is 5.56 Å². The van der Waals surface area contributed by atoms with Crippen LogP contribution in [0.15, 0.2) is 15.8 Å². The Morgan fingerprint density at radius 1 is 1.39 bits per heavy atom. The fourth-order valence-corrected chi connectivity index (χ4v) is 1.34. The summed E-state index contributed by atoms with van der Waals surface area (Å²) in [4.78, 5) is 24.6. The molecule has 0 unspecified atom stereocenters. The smallest absolute Gasteiger partial charge is 0.328 e. The molecule has 7 heteroatoms. The minimum absolute atomic E-state index is 0.0742. The van der Waals surface area contributed by atoms with Crippen molar-refractivity contribution in [3.05, 3.63) is 32.6 Å². The average Bonchev–Trinajstić information content (AvgIpc) is 2.36. The number of aromatic amines is 1. The van der Waals surface area contributed by atoms with E-state index in [1.165, 1.54) is 10.8 Å². The van der Waals surface area contributed by atoms with E-state index in [2.05, 4.69) is 4.98 Å². The third kappa shape index (κ3) is 4.16. The van der Waals surface area contributed by atoms with Crippen molar-refractivity contribution in [2.75, 3.05) is 26.9 Å². The van der Waals surface area contributed by atoms with Gasteiger partial charge in [-0.3, -0.25) is 14.3 Å². The van der Waals surface area contributed by atoms with E-state index in [1.54, 1.807) is 13.2 Å². The van der Waals surface area contributed by atoms with Crippen molar-refractivity contribution < 1.29 is 9.47 Å². The average molecular weight is 253 g/mol. The van der Waals surface area contributed by atoms with E-state index >= 15 is 0 Å². The number of aryl methyl sites for hydroxylation is 1. The normalized spacial score (nSPS) is 10.2. The Labute approximate surface area is 104 Å². The number of nitrogens with zero attached hydrogens (tertiary/aromatic N) is 2. The van der Waals surface area contributed by atoms with Crippen LogP contribution in [-0.2, 0) is 16.0 Å². The quantitative estimate of drug-likeness (QED) is 0.658. The second-order valence-corrected chi connectivity index (χ2v) is 3.57. The Balaban J connectivity index is 2.50. The predicted octanol–water partition coefficient (Wildman–Crippen LogP) is -0.539. The van der Waals surface area contributed by atoms with Gasteiger partial charge in [0.05, 0.1) is 13.2 Å². The van der Waals surface area contributed by atoms with E-state index in [1.807, 2.05) is 0 Å². The Morgan fingerprint density at radius 3 is 2.83 bits per heavy atom. The molecular formula is C11H15N3O4. The van der Waals surface area contributed by atoms with Crippen LogP contribution in [0.4, 0.5) is 0 Å². The lowest BCUT2D eigenvalue weighted by molar-refractivity contribution is 0.0679. The monoisotopic (exact) mass is 253 g/mol. The Morgan fingerprint density at radius 2 is 2.17 bits per heavy atom. The van der Waals surface area contributed by atoms with Crippen molar-refractivity contribution in [1.82, 2.24) is 9.55 Å². The van der Waals surface area contributed by atoms with Crippen molar-refractivity contribution in [1.29, 1.82) is 5.26 Å². The second kappa shape index (κ2) is 7.42. The van der Waals surface area contributed by atoms with E-state index in [0.29, 0.717) is 32.8 Å². The topological polar surface area (TPSA) is 97.1 Å². The number of hydrogen-bond donors (Lipinski definition) is 1. The van der Waals surface area contributed by atoms with Gasteiger partial charge in [-0.1, -0.05) is 0 Å². The predicted molar refractivity (Wildman–Crippen MR) is 63.3 cm³/mol. The lowest BCUT2D eigenvalue weighted by Gasteiger charge is -2.06. The van der Waals surface area contributed by atoms with Crippen LogP contribution in [0.3, 0.4) is 0 Å². The van der Waals surface area contributed by atoms with E-state index in [9.17, 15) is 9.59 Å². The summed E-state index contributed by atoms with van der Waals surface area (Å²) in [5.41, 5.74) is -1.25. The molecule has 0 spiro atoms. The van der Waals surface area contributed by atoms with Gasteiger partial charge in [0.2, 0.25) is 0 Å². The van der Waals surface area contributed by atoms with Crippen molar-refractivity contribution in [3.63, 3.8) is 0 Å². The lowest BCUT2D eigenvalue weighted by Crippen LogP contribution is -2.31. The van der Waals surface area contributed by atoms with Crippen LogP contribution in [0.1, 0.15) is 12.0 Å². The molecule has 0 bridgehead atoms. The van der Waals surface area contributed by atoms with E-state index < -0.39 is 11.2 Å². The summed E-state index contributed by atoms with van der Waals surface area (Å²) in [6, 6.07) is 1.73. The van der Waals surface area contributed by atoms with Crippen LogP contribution in [0.25, 0.3) is 0 Å². The molecule has 18 heavy (non-hydrogen) atoms. The molecule has 0 amide bonds. The number of nitrogens with one attached hydrogen (secondary N) is 1. The number of ether oxygens (including phenoxy) is 2. The van der Waals surface area contributed by atoms with E-state index in [4.69, 9.17) is 14.7 Å². The van der Waals surface area contributed by atoms with Crippen LogP contribution in [0.5, 0.6) is 0 Å². The maximum atomic E-state index is 11.4. The number of nitriles is 1. The molecule has 7 nitrogen and oxygen atoms in total. The molecule has 1 aromatic heterocycles. The summed E-state index contributed by atoms with van der Waals surface area (Å²) in [5.74, 6) is 0. The van der Waals surface area contributed by atoms with Gasteiger partial charge in [0, 0.05) is 26.5 Å². The van der Waals surface area contributed by atoms with Gasteiger partial charge in [0.1, 0.15) is 11.6 Å². The fraction of sp³-hybridized carbons (Fsp3) is 0.545. The molecule has 0 aliphatic carbocycles. The highest BCUT2D eigenvalue weighted by Crippen LogP contribution is 1.90. The molecule has 0 atom stereocenters. The van der Waals surface area contributed by atoms with Gasteiger partial charge in [0.25, 0.3) is 5.56 Å². The van der Waals surface area contributed by atoms with Crippen LogP contribution >= 0.6 is 0 Å². The zero-order chi connectivity index (χ0) is 13.4. The molecule has 1 rings (SSSR count). The van der Waals surface area contributed by atoms with Crippen LogP contribution in [0.2, 0.25) is 0 Å². The van der Waals surface area contributed by atoms with Crippen molar-refractivity contribution in [3.8, 4) is 6.07 Å². The molecule has 1 aromatic rings. The summed E-state index contributed by atoms with van der Waals surface area (Å²) < 4.78 is 11.3. The van der Waals surface area contributed by atoms with Crippen molar-refractivity contribution >= 4 is 0 Å². The number of methoxy groups -OCH3 is 1. The first-order chi connectivity index (χ1) is 8.69. The molecule has 0 aliphatic rings. The van der Waals surface area contributed by atoms with Gasteiger partial charge >= 0.3 is 5.69 Å². The Bertz CT molecular complexity index is 526. The molecule has 0 aliphatic heterocycles. The highest BCUT2D eigenvalue weighted by Gasteiger charge is 2.03. The largest absolute Gasteiger partial charge is 0.382 e. The molecule has 1 N–H and O–H groups in total. The summed E-state index contributed by atoms with van der Waals surface area (Å²) >= 11 is 0. The third-order valence-electron chi connectivity index (χ3n) is 2.25. The van der Waals surface area contributed by atoms with Gasteiger partial charge in [-0.05, 0) is 6.42 Å². The zero-order valence-electron chi connectivity index (χ0n) is 10.1. The number of hydrogen-bond acceptors (Lipinski definition) is 5. The molecule has 0 radical (unpaired) electrons. The Hall–Kier alpha value is -1.91. The molecule has 98 valence electrons.